The molecular weight excluding hydrogens is 144 g/mol. The number of hydrogen-bond acceptors (Lipinski definition) is 3. The minimum Gasteiger partial charge on any atom is -0.395 e. The zero-order chi connectivity index (χ0) is 8.85. The summed E-state index contributed by atoms with van der Waals surface area (Å²) in [7, 11) is 3.40. The summed E-state index contributed by atoms with van der Waals surface area (Å²) in [6.45, 7) is 2.19. The van der Waals surface area contributed by atoms with Gasteiger partial charge in [0.05, 0.1) is 12.6 Å². The van der Waals surface area contributed by atoms with E-state index < -0.39 is 0 Å². The van der Waals surface area contributed by atoms with E-state index in [1.807, 2.05) is 0 Å². The third-order valence-electron chi connectivity index (χ3n) is 1.62. The van der Waals surface area contributed by atoms with Gasteiger partial charge in [-0.15, -0.1) is 0 Å². The van der Waals surface area contributed by atoms with E-state index in [9.17, 15) is 4.79 Å². The molecule has 0 spiro atoms. The van der Waals surface area contributed by atoms with Crippen LogP contribution in [0.25, 0.3) is 0 Å². The van der Waals surface area contributed by atoms with Gasteiger partial charge in [0.1, 0.15) is 0 Å². The molecule has 0 fully saturated rings. The van der Waals surface area contributed by atoms with E-state index in [4.69, 9.17) is 5.11 Å². The first-order valence-electron chi connectivity index (χ1n) is 3.66. The van der Waals surface area contributed by atoms with Crippen molar-refractivity contribution in [2.45, 2.75) is 13.0 Å². The van der Waals surface area contributed by atoms with Crippen molar-refractivity contribution >= 4 is 5.91 Å². The van der Waals surface area contributed by atoms with Gasteiger partial charge in [0.2, 0.25) is 5.91 Å². The van der Waals surface area contributed by atoms with Crippen molar-refractivity contribution in [3.05, 3.63) is 0 Å². The molecule has 0 aliphatic rings. The van der Waals surface area contributed by atoms with E-state index in [0.29, 0.717) is 6.54 Å². The van der Waals surface area contributed by atoms with E-state index in [-0.39, 0.29) is 18.6 Å². The number of likely N-dealkylation sites (N-methyl/N-ethyl adjacent to an activating group) is 2. The Balaban J connectivity index is 3.81. The summed E-state index contributed by atoms with van der Waals surface area (Å²) in [5, 5.41) is 11.4. The van der Waals surface area contributed by atoms with E-state index in [1.54, 1.807) is 21.0 Å². The van der Waals surface area contributed by atoms with Crippen LogP contribution in [0.1, 0.15) is 6.92 Å². The molecule has 0 aromatic rings. The number of hydrogen-bond donors (Lipinski definition) is 2. The second kappa shape index (κ2) is 5.09. The lowest BCUT2D eigenvalue weighted by Gasteiger charge is -2.19. The first-order chi connectivity index (χ1) is 5.13. The van der Waals surface area contributed by atoms with Gasteiger partial charge < -0.3 is 15.3 Å². The predicted molar refractivity (Wildman–Crippen MR) is 43.2 cm³/mol. The fraction of sp³-hybridized carbons (Fsp3) is 0.857. The molecule has 2 N–H and O–H groups in total. The van der Waals surface area contributed by atoms with Crippen molar-refractivity contribution in [3.63, 3.8) is 0 Å². The standard InChI is InChI=1S/C7H16N2O2/c1-6(8-2)7(11)9(3)4-5-10/h6,8,10H,4-5H2,1-3H3. The molecule has 0 aromatic heterocycles. The maximum absolute atomic E-state index is 11.2. The molecule has 0 aliphatic heterocycles. The SMILES string of the molecule is CNC(C)C(=O)N(C)CCO. The zero-order valence-corrected chi connectivity index (χ0v) is 7.29. The van der Waals surface area contributed by atoms with Crippen LogP contribution >= 0.6 is 0 Å². The van der Waals surface area contributed by atoms with Crippen LogP contribution in [0, 0.1) is 0 Å². The molecule has 0 saturated heterocycles. The van der Waals surface area contributed by atoms with Crippen molar-refractivity contribution in [1.29, 1.82) is 0 Å². The Labute approximate surface area is 67.2 Å². The number of nitrogens with one attached hydrogen (secondary N) is 1. The first-order valence-corrected chi connectivity index (χ1v) is 3.66. The summed E-state index contributed by atoms with van der Waals surface area (Å²) in [5.74, 6) is 0.00144. The maximum atomic E-state index is 11.2. The first kappa shape index (κ1) is 10.4. The lowest BCUT2D eigenvalue weighted by atomic mass is 10.3. The number of amides is 1. The normalized spacial score (nSPS) is 12.7. The number of rotatable bonds is 4. The maximum Gasteiger partial charge on any atom is 0.239 e. The van der Waals surface area contributed by atoms with Gasteiger partial charge in [-0.25, -0.2) is 0 Å². The van der Waals surface area contributed by atoms with Crippen LogP contribution in [-0.4, -0.2) is 49.2 Å². The molecule has 11 heavy (non-hydrogen) atoms. The quantitative estimate of drug-likeness (QED) is 0.557. The van der Waals surface area contributed by atoms with Gasteiger partial charge in [0.15, 0.2) is 0 Å². The average Bonchev–Trinajstić information content (AvgIpc) is 2.02. The molecular formula is C7H16N2O2. The van der Waals surface area contributed by atoms with Crippen molar-refractivity contribution in [1.82, 2.24) is 10.2 Å². The Bertz CT molecular complexity index is 128. The molecule has 1 unspecified atom stereocenters. The second-order valence-corrected chi connectivity index (χ2v) is 2.49. The third-order valence-corrected chi connectivity index (χ3v) is 1.62. The number of carbonyl (C=O) groups is 1. The summed E-state index contributed by atoms with van der Waals surface area (Å²) in [5.41, 5.74) is 0. The Morgan fingerprint density at radius 2 is 2.27 bits per heavy atom. The fourth-order valence-electron chi connectivity index (χ4n) is 0.714. The molecule has 0 aromatic carbocycles. The molecule has 4 heteroatoms. The molecule has 0 bridgehead atoms. The Kier molecular flexibility index (Phi) is 4.81. The highest BCUT2D eigenvalue weighted by Crippen LogP contribution is 1.89. The van der Waals surface area contributed by atoms with Gasteiger partial charge in [-0.1, -0.05) is 0 Å². The van der Waals surface area contributed by atoms with Crippen LogP contribution in [0.15, 0.2) is 0 Å². The molecule has 0 heterocycles. The van der Waals surface area contributed by atoms with Gasteiger partial charge in [0, 0.05) is 13.6 Å². The minimum absolute atomic E-state index is 0.00144. The molecule has 0 saturated carbocycles. The highest BCUT2D eigenvalue weighted by molar-refractivity contribution is 5.81. The molecule has 1 atom stereocenters. The highest BCUT2D eigenvalue weighted by atomic mass is 16.3. The monoisotopic (exact) mass is 160 g/mol. The lowest BCUT2D eigenvalue weighted by molar-refractivity contribution is -0.132. The second-order valence-electron chi connectivity index (χ2n) is 2.49. The molecule has 0 rings (SSSR count). The molecule has 66 valence electrons. The van der Waals surface area contributed by atoms with Crippen LogP contribution in [0.2, 0.25) is 0 Å². The van der Waals surface area contributed by atoms with Crippen molar-refractivity contribution in [2.75, 3.05) is 27.2 Å². The minimum atomic E-state index is -0.174. The summed E-state index contributed by atoms with van der Waals surface area (Å²) in [6, 6.07) is -0.174. The summed E-state index contributed by atoms with van der Waals surface area (Å²) in [6.07, 6.45) is 0. The number of nitrogens with zero attached hydrogens (tertiary/aromatic N) is 1. The fourth-order valence-corrected chi connectivity index (χ4v) is 0.714. The predicted octanol–water partition coefficient (Wildman–Crippen LogP) is -0.955. The van der Waals surface area contributed by atoms with Gasteiger partial charge >= 0.3 is 0 Å². The van der Waals surface area contributed by atoms with E-state index in [0.717, 1.165) is 0 Å². The molecule has 4 nitrogen and oxygen atoms in total. The van der Waals surface area contributed by atoms with Gasteiger partial charge in [-0.3, -0.25) is 4.79 Å². The van der Waals surface area contributed by atoms with Gasteiger partial charge in [-0.05, 0) is 14.0 Å². The number of aliphatic hydroxyl groups excluding tert-OH is 1. The molecule has 1 amide bonds. The van der Waals surface area contributed by atoms with Crippen LogP contribution in [0.4, 0.5) is 0 Å². The largest absolute Gasteiger partial charge is 0.395 e. The van der Waals surface area contributed by atoms with Gasteiger partial charge in [-0.2, -0.15) is 0 Å². The lowest BCUT2D eigenvalue weighted by Crippen LogP contribution is -2.42. The van der Waals surface area contributed by atoms with Gasteiger partial charge in [0.25, 0.3) is 0 Å². The Morgan fingerprint density at radius 3 is 2.64 bits per heavy atom. The van der Waals surface area contributed by atoms with Crippen LogP contribution in [-0.2, 0) is 4.79 Å². The van der Waals surface area contributed by atoms with Crippen molar-refractivity contribution in [2.24, 2.45) is 0 Å². The number of carbonyl (C=O) groups excluding carboxylic acids is 1. The number of aliphatic hydroxyl groups is 1. The molecule has 0 aliphatic carbocycles. The third kappa shape index (κ3) is 3.34. The zero-order valence-electron chi connectivity index (χ0n) is 7.29. The Morgan fingerprint density at radius 1 is 1.73 bits per heavy atom. The summed E-state index contributed by atoms with van der Waals surface area (Å²) < 4.78 is 0. The van der Waals surface area contributed by atoms with Crippen molar-refractivity contribution < 1.29 is 9.90 Å². The van der Waals surface area contributed by atoms with Crippen LogP contribution in [0.3, 0.4) is 0 Å². The highest BCUT2D eigenvalue weighted by Gasteiger charge is 2.13. The smallest absolute Gasteiger partial charge is 0.239 e. The topological polar surface area (TPSA) is 52.6 Å². The van der Waals surface area contributed by atoms with E-state index in [1.165, 1.54) is 4.90 Å². The average molecular weight is 160 g/mol. The molecule has 0 radical (unpaired) electrons. The summed E-state index contributed by atoms with van der Waals surface area (Å²) in [4.78, 5) is 12.7. The van der Waals surface area contributed by atoms with Crippen LogP contribution in [0.5, 0.6) is 0 Å². The van der Waals surface area contributed by atoms with Crippen molar-refractivity contribution in [3.8, 4) is 0 Å². The Hall–Kier alpha value is -0.610. The van der Waals surface area contributed by atoms with E-state index in [2.05, 4.69) is 5.32 Å². The summed E-state index contributed by atoms with van der Waals surface area (Å²) >= 11 is 0. The van der Waals surface area contributed by atoms with E-state index >= 15 is 0 Å². The van der Waals surface area contributed by atoms with Crippen LogP contribution < -0.4 is 5.32 Å².